The highest BCUT2D eigenvalue weighted by Gasteiger charge is 2.25. The number of primary amides is 1. The van der Waals surface area contributed by atoms with Gasteiger partial charge in [0.15, 0.2) is 0 Å². The topological polar surface area (TPSA) is 98.2 Å². The summed E-state index contributed by atoms with van der Waals surface area (Å²) < 4.78 is 0. The lowest BCUT2D eigenvalue weighted by molar-refractivity contribution is -0.125. The highest BCUT2D eigenvalue weighted by Crippen LogP contribution is 2.12. The molecule has 2 amide bonds. The van der Waals surface area contributed by atoms with E-state index in [0.29, 0.717) is 11.3 Å². The van der Waals surface area contributed by atoms with Crippen LogP contribution < -0.4 is 16.8 Å². The molecule has 92 valence electrons. The number of carbonyl (C=O) groups excluding carboxylic acids is 2. The number of hydrogen-bond acceptors (Lipinski definition) is 3. The normalized spacial score (nSPS) is 10.9. The van der Waals surface area contributed by atoms with E-state index in [1.807, 2.05) is 0 Å². The van der Waals surface area contributed by atoms with Crippen molar-refractivity contribution in [3.63, 3.8) is 0 Å². The third kappa shape index (κ3) is 3.48. The van der Waals surface area contributed by atoms with Crippen molar-refractivity contribution in [3.8, 4) is 0 Å². The van der Waals surface area contributed by atoms with Gasteiger partial charge in [0, 0.05) is 17.8 Å². The van der Waals surface area contributed by atoms with Crippen LogP contribution in [-0.2, 0) is 4.79 Å². The van der Waals surface area contributed by atoms with Gasteiger partial charge in [-0.25, -0.2) is 0 Å². The van der Waals surface area contributed by atoms with Crippen LogP contribution in [0, 0.1) is 5.41 Å². The van der Waals surface area contributed by atoms with Crippen LogP contribution >= 0.6 is 0 Å². The number of amides is 2. The second-order valence-corrected chi connectivity index (χ2v) is 4.55. The molecule has 5 N–H and O–H groups in total. The third-order valence-corrected chi connectivity index (χ3v) is 2.53. The Hall–Kier alpha value is -2.04. The zero-order valence-corrected chi connectivity index (χ0v) is 9.99. The Balaban J connectivity index is 2.62. The molecular weight excluding hydrogens is 218 g/mol. The Kier molecular flexibility index (Phi) is 3.73. The summed E-state index contributed by atoms with van der Waals surface area (Å²) in [4.78, 5) is 22.8. The second kappa shape index (κ2) is 4.86. The van der Waals surface area contributed by atoms with Crippen LogP contribution in [-0.4, -0.2) is 18.4 Å². The molecule has 17 heavy (non-hydrogen) atoms. The number of nitrogens with one attached hydrogen (secondary N) is 1. The summed E-state index contributed by atoms with van der Waals surface area (Å²) in [5.41, 5.74) is 11.1. The fraction of sp³-hybridized carbons (Fsp3) is 0.333. The maximum Gasteiger partial charge on any atom is 0.251 e. The Morgan fingerprint density at radius 1 is 1.24 bits per heavy atom. The van der Waals surface area contributed by atoms with Gasteiger partial charge in [-0.05, 0) is 38.1 Å². The molecule has 1 aromatic rings. The van der Waals surface area contributed by atoms with E-state index < -0.39 is 11.3 Å². The van der Waals surface area contributed by atoms with Crippen LogP contribution in [0.2, 0.25) is 0 Å². The molecule has 0 spiro atoms. The number of carbonyl (C=O) groups is 2. The molecule has 0 unspecified atom stereocenters. The lowest BCUT2D eigenvalue weighted by atomic mass is 9.92. The molecule has 5 heteroatoms. The number of nitrogen functional groups attached to an aromatic ring is 1. The second-order valence-electron chi connectivity index (χ2n) is 4.55. The molecule has 0 fully saturated rings. The molecule has 0 bridgehead atoms. The van der Waals surface area contributed by atoms with Crippen molar-refractivity contribution in [1.82, 2.24) is 5.32 Å². The van der Waals surface area contributed by atoms with Crippen molar-refractivity contribution in [2.45, 2.75) is 13.8 Å². The minimum Gasteiger partial charge on any atom is -0.399 e. The number of benzene rings is 1. The fourth-order valence-corrected chi connectivity index (χ4v) is 1.12. The van der Waals surface area contributed by atoms with Gasteiger partial charge in [-0.3, -0.25) is 9.59 Å². The minimum absolute atomic E-state index is 0.200. The number of anilines is 1. The lowest BCUT2D eigenvalue weighted by Crippen LogP contribution is -2.42. The first-order valence-corrected chi connectivity index (χ1v) is 5.26. The van der Waals surface area contributed by atoms with Crippen LogP contribution in [0.25, 0.3) is 0 Å². The fourth-order valence-electron chi connectivity index (χ4n) is 1.12. The van der Waals surface area contributed by atoms with Crippen LogP contribution in [0.4, 0.5) is 5.69 Å². The predicted octanol–water partition coefficient (Wildman–Crippen LogP) is 0.510. The van der Waals surface area contributed by atoms with Crippen LogP contribution in [0.3, 0.4) is 0 Å². The first-order chi connectivity index (χ1) is 7.83. The van der Waals surface area contributed by atoms with Crippen molar-refractivity contribution < 1.29 is 9.59 Å². The van der Waals surface area contributed by atoms with E-state index >= 15 is 0 Å². The van der Waals surface area contributed by atoms with E-state index in [2.05, 4.69) is 5.32 Å². The third-order valence-electron chi connectivity index (χ3n) is 2.53. The van der Waals surface area contributed by atoms with Crippen molar-refractivity contribution in [3.05, 3.63) is 29.8 Å². The van der Waals surface area contributed by atoms with Gasteiger partial charge in [-0.15, -0.1) is 0 Å². The number of hydrogen-bond donors (Lipinski definition) is 3. The summed E-state index contributed by atoms with van der Waals surface area (Å²) >= 11 is 0. The molecule has 0 aromatic heterocycles. The Bertz CT molecular complexity index is 424. The van der Waals surface area contributed by atoms with Crippen molar-refractivity contribution in [2.24, 2.45) is 11.1 Å². The molecule has 0 heterocycles. The summed E-state index contributed by atoms with van der Waals surface area (Å²) in [5, 5.41) is 2.66. The van der Waals surface area contributed by atoms with Gasteiger partial charge >= 0.3 is 0 Å². The zero-order chi connectivity index (χ0) is 13.1. The van der Waals surface area contributed by atoms with Crippen molar-refractivity contribution >= 4 is 17.5 Å². The quantitative estimate of drug-likeness (QED) is 0.663. The number of rotatable bonds is 4. The van der Waals surface area contributed by atoms with Crippen molar-refractivity contribution in [2.75, 3.05) is 12.3 Å². The smallest absolute Gasteiger partial charge is 0.251 e. The van der Waals surface area contributed by atoms with Gasteiger partial charge in [0.05, 0.1) is 5.41 Å². The average molecular weight is 235 g/mol. The van der Waals surface area contributed by atoms with E-state index in [1.165, 1.54) is 0 Å². The largest absolute Gasteiger partial charge is 0.399 e. The van der Waals surface area contributed by atoms with Gasteiger partial charge < -0.3 is 16.8 Å². The summed E-state index contributed by atoms with van der Waals surface area (Å²) in [6.45, 7) is 3.56. The van der Waals surface area contributed by atoms with E-state index in [1.54, 1.807) is 38.1 Å². The van der Waals surface area contributed by atoms with Gasteiger partial charge in [0.1, 0.15) is 0 Å². The summed E-state index contributed by atoms with van der Waals surface area (Å²) in [6.07, 6.45) is 0. The maximum atomic E-state index is 11.7. The van der Waals surface area contributed by atoms with Crippen LogP contribution in [0.15, 0.2) is 24.3 Å². The van der Waals surface area contributed by atoms with Gasteiger partial charge in [0.2, 0.25) is 5.91 Å². The standard InChI is InChI=1S/C12H17N3O2/c1-12(2,11(14)17)7-15-10(16)8-3-5-9(13)6-4-8/h3-6H,7,13H2,1-2H3,(H2,14,17)(H,15,16). The van der Waals surface area contributed by atoms with Crippen LogP contribution in [0.5, 0.6) is 0 Å². The minimum atomic E-state index is -0.760. The molecule has 0 saturated heterocycles. The SMILES string of the molecule is CC(C)(CNC(=O)c1ccc(N)cc1)C(N)=O. The van der Waals surface area contributed by atoms with E-state index in [-0.39, 0.29) is 12.5 Å². The Morgan fingerprint density at radius 2 is 1.76 bits per heavy atom. The summed E-state index contributed by atoms with van der Waals surface area (Å²) in [7, 11) is 0. The molecule has 0 aliphatic carbocycles. The molecule has 0 radical (unpaired) electrons. The lowest BCUT2D eigenvalue weighted by Gasteiger charge is -2.20. The highest BCUT2D eigenvalue weighted by atomic mass is 16.2. The molecule has 5 nitrogen and oxygen atoms in total. The Labute approximate surface area is 100 Å². The zero-order valence-electron chi connectivity index (χ0n) is 9.99. The number of nitrogens with two attached hydrogens (primary N) is 2. The van der Waals surface area contributed by atoms with E-state index in [4.69, 9.17) is 11.5 Å². The molecule has 0 saturated carbocycles. The maximum absolute atomic E-state index is 11.7. The van der Waals surface area contributed by atoms with Gasteiger partial charge in [-0.2, -0.15) is 0 Å². The molecule has 1 aromatic carbocycles. The van der Waals surface area contributed by atoms with Gasteiger partial charge in [0.25, 0.3) is 5.91 Å². The predicted molar refractivity (Wildman–Crippen MR) is 66.2 cm³/mol. The highest BCUT2D eigenvalue weighted by molar-refractivity contribution is 5.94. The van der Waals surface area contributed by atoms with E-state index in [0.717, 1.165) is 0 Å². The average Bonchev–Trinajstić information content (AvgIpc) is 2.27. The van der Waals surface area contributed by atoms with Crippen LogP contribution in [0.1, 0.15) is 24.2 Å². The molecule has 0 aliphatic rings. The molecule has 1 rings (SSSR count). The first-order valence-electron chi connectivity index (χ1n) is 5.26. The van der Waals surface area contributed by atoms with Crippen molar-refractivity contribution in [1.29, 1.82) is 0 Å². The molecular formula is C12H17N3O2. The van der Waals surface area contributed by atoms with E-state index in [9.17, 15) is 9.59 Å². The summed E-state index contributed by atoms with van der Waals surface area (Å²) in [5.74, 6) is -0.700. The first kappa shape index (κ1) is 13.0. The summed E-state index contributed by atoms with van der Waals surface area (Å²) in [6, 6.07) is 6.55. The monoisotopic (exact) mass is 235 g/mol. The molecule has 0 atom stereocenters. The molecule has 0 aliphatic heterocycles. The Morgan fingerprint density at radius 3 is 2.24 bits per heavy atom. The van der Waals surface area contributed by atoms with Gasteiger partial charge in [-0.1, -0.05) is 0 Å².